The first-order valence-electron chi connectivity index (χ1n) is 8.14. The van der Waals surface area contributed by atoms with Crippen molar-refractivity contribution in [3.05, 3.63) is 17.7 Å². The van der Waals surface area contributed by atoms with Gasteiger partial charge in [-0.1, -0.05) is 18.9 Å². The van der Waals surface area contributed by atoms with Crippen molar-refractivity contribution in [2.24, 2.45) is 0 Å². The van der Waals surface area contributed by atoms with Crippen molar-refractivity contribution in [1.82, 2.24) is 0 Å². The summed E-state index contributed by atoms with van der Waals surface area (Å²) in [6.07, 6.45) is 1.13. The van der Waals surface area contributed by atoms with Crippen molar-refractivity contribution in [1.29, 1.82) is 0 Å². The number of methoxy groups -OCH3 is 1. The minimum atomic E-state index is -0.383. The Bertz CT molecular complexity index is 547. The highest BCUT2D eigenvalue weighted by molar-refractivity contribution is 8.00. The number of hydrogen-bond acceptors (Lipinski definition) is 5. The molecule has 23 heavy (non-hydrogen) atoms. The van der Waals surface area contributed by atoms with Crippen LogP contribution in [0.2, 0.25) is 0 Å². The number of nitrogens with one attached hydrogen (secondary N) is 1. The van der Waals surface area contributed by atoms with E-state index in [1.165, 1.54) is 0 Å². The van der Waals surface area contributed by atoms with E-state index in [0.717, 1.165) is 34.6 Å². The number of anilines is 1. The number of rotatable bonds is 6. The van der Waals surface area contributed by atoms with Crippen molar-refractivity contribution < 1.29 is 14.0 Å². The summed E-state index contributed by atoms with van der Waals surface area (Å²) in [7, 11) is 1.31. The number of hydrogen-bond donors (Lipinski definition) is 1. The van der Waals surface area contributed by atoms with Gasteiger partial charge in [-0.2, -0.15) is 0 Å². The Morgan fingerprint density at radius 2 is 1.78 bits per heavy atom. The van der Waals surface area contributed by atoms with E-state index in [1.807, 2.05) is 6.07 Å². The van der Waals surface area contributed by atoms with Crippen LogP contribution < -0.4 is 14.9 Å². The Labute approximate surface area is 144 Å². The van der Waals surface area contributed by atoms with E-state index in [-0.39, 0.29) is 18.3 Å². The van der Waals surface area contributed by atoms with Crippen LogP contribution >= 0.6 is 11.9 Å². The summed E-state index contributed by atoms with van der Waals surface area (Å²) >= 11 is 1.70. The monoisotopic (exact) mass is 337 g/mol. The molecule has 1 saturated heterocycles. The van der Waals surface area contributed by atoms with Crippen LogP contribution in [-0.4, -0.2) is 31.2 Å². The maximum absolute atomic E-state index is 6.16. The van der Waals surface area contributed by atoms with Gasteiger partial charge in [0.25, 0.3) is 0 Å². The van der Waals surface area contributed by atoms with Crippen molar-refractivity contribution in [2.45, 2.75) is 59.2 Å². The molecule has 6 heteroatoms. The van der Waals surface area contributed by atoms with Gasteiger partial charge in [0.1, 0.15) is 5.75 Å². The SMILES string of the molecule is CCCSNc1cc(B2OC(C)(C)C(C)(C)O2)cc(OC)c1C. The predicted octanol–water partition coefficient (Wildman–Crippen LogP) is 3.77. The van der Waals surface area contributed by atoms with Crippen LogP contribution in [0.5, 0.6) is 5.75 Å². The molecule has 0 amide bonds. The molecule has 1 aromatic carbocycles. The van der Waals surface area contributed by atoms with Crippen molar-refractivity contribution >= 4 is 30.2 Å². The van der Waals surface area contributed by atoms with Gasteiger partial charge >= 0.3 is 7.12 Å². The molecule has 0 bridgehead atoms. The Morgan fingerprint density at radius 3 is 2.30 bits per heavy atom. The van der Waals surface area contributed by atoms with Crippen LogP contribution in [-0.2, 0) is 9.31 Å². The lowest BCUT2D eigenvalue weighted by molar-refractivity contribution is 0.00578. The maximum atomic E-state index is 6.16. The summed E-state index contributed by atoms with van der Waals surface area (Å²) in [5.74, 6) is 1.90. The quantitative estimate of drug-likeness (QED) is 0.486. The summed E-state index contributed by atoms with van der Waals surface area (Å²) in [5.41, 5.74) is 2.43. The molecule has 2 rings (SSSR count). The van der Waals surface area contributed by atoms with Gasteiger partial charge in [0, 0.05) is 11.3 Å². The van der Waals surface area contributed by atoms with E-state index >= 15 is 0 Å². The first kappa shape index (κ1) is 18.5. The Morgan fingerprint density at radius 1 is 1.17 bits per heavy atom. The average molecular weight is 337 g/mol. The molecule has 1 fully saturated rings. The fourth-order valence-electron chi connectivity index (χ4n) is 2.37. The molecule has 1 aromatic rings. The molecule has 1 aliphatic rings. The summed E-state index contributed by atoms with van der Waals surface area (Å²) in [6.45, 7) is 12.5. The van der Waals surface area contributed by atoms with Gasteiger partial charge in [-0.25, -0.2) is 0 Å². The van der Waals surface area contributed by atoms with Crippen LogP contribution in [0.4, 0.5) is 5.69 Å². The molecule has 0 spiro atoms. The van der Waals surface area contributed by atoms with Crippen LogP contribution in [0.15, 0.2) is 12.1 Å². The Balaban J connectivity index is 2.30. The van der Waals surface area contributed by atoms with E-state index in [1.54, 1.807) is 19.1 Å². The smallest absolute Gasteiger partial charge is 0.495 e. The second kappa shape index (κ2) is 6.95. The van der Waals surface area contributed by atoms with Crippen molar-refractivity contribution in [2.75, 3.05) is 17.6 Å². The average Bonchev–Trinajstić information content (AvgIpc) is 2.69. The number of benzene rings is 1. The van der Waals surface area contributed by atoms with E-state index in [4.69, 9.17) is 14.0 Å². The zero-order chi connectivity index (χ0) is 17.3. The van der Waals surface area contributed by atoms with E-state index in [9.17, 15) is 0 Å². The van der Waals surface area contributed by atoms with Crippen molar-refractivity contribution in [3.8, 4) is 5.75 Å². The molecule has 128 valence electrons. The third-order valence-corrected chi connectivity index (χ3v) is 5.59. The molecule has 0 atom stereocenters. The third kappa shape index (κ3) is 3.81. The first-order valence-corrected chi connectivity index (χ1v) is 9.12. The lowest BCUT2D eigenvalue weighted by Gasteiger charge is -2.32. The molecule has 0 radical (unpaired) electrons. The fraction of sp³-hybridized carbons (Fsp3) is 0.647. The van der Waals surface area contributed by atoms with Crippen LogP contribution in [0.3, 0.4) is 0 Å². The Hall–Kier alpha value is -0.845. The van der Waals surface area contributed by atoms with Gasteiger partial charge in [0.15, 0.2) is 0 Å². The summed E-state index contributed by atoms with van der Waals surface area (Å²) in [5, 5.41) is 0. The topological polar surface area (TPSA) is 39.7 Å². The molecule has 0 unspecified atom stereocenters. The van der Waals surface area contributed by atoms with Gasteiger partial charge in [-0.05, 0) is 58.6 Å². The normalized spacial score (nSPS) is 19.0. The van der Waals surface area contributed by atoms with Gasteiger partial charge < -0.3 is 18.8 Å². The summed E-state index contributed by atoms with van der Waals surface area (Å²) in [4.78, 5) is 0. The highest BCUT2D eigenvalue weighted by atomic mass is 32.2. The van der Waals surface area contributed by atoms with Gasteiger partial charge in [0.2, 0.25) is 0 Å². The summed E-state index contributed by atoms with van der Waals surface area (Å²) in [6, 6.07) is 4.11. The lowest BCUT2D eigenvalue weighted by Crippen LogP contribution is -2.41. The van der Waals surface area contributed by atoms with E-state index < -0.39 is 0 Å². The van der Waals surface area contributed by atoms with Gasteiger partial charge in [0.05, 0.1) is 24.0 Å². The molecule has 0 aromatic heterocycles. The molecular formula is C17H28BNO3S. The van der Waals surface area contributed by atoms with Crippen LogP contribution in [0, 0.1) is 6.92 Å². The van der Waals surface area contributed by atoms with Crippen LogP contribution in [0.1, 0.15) is 46.6 Å². The molecule has 1 aliphatic heterocycles. The fourth-order valence-corrected chi connectivity index (χ4v) is 3.05. The van der Waals surface area contributed by atoms with Crippen LogP contribution in [0.25, 0.3) is 0 Å². The summed E-state index contributed by atoms with van der Waals surface area (Å²) < 4.78 is 21.3. The lowest BCUT2D eigenvalue weighted by atomic mass is 9.78. The van der Waals surface area contributed by atoms with E-state index in [2.05, 4.69) is 52.3 Å². The van der Waals surface area contributed by atoms with E-state index in [0.29, 0.717) is 0 Å². The molecule has 1 heterocycles. The molecule has 4 nitrogen and oxygen atoms in total. The van der Waals surface area contributed by atoms with Gasteiger partial charge in [-0.3, -0.25) is 0 Å². The standard InChI is InChI=1S/C17H28BNO3S/c1-8-9-23-19-14-10-13(11-15(20-7)12(14)2)18-21-16(3,4)17(5,6)22-18/h10-11,19H,8-9H2,1-7H3. The first-order chi connectivity index (χ1) is 10.7. The molecule has 1 N–H and O–H groups in total. The third-order valence-electron chi connectivity index (χ3n) is 4.62. The highest BCUT2D eigenvalue weighted by Gasteiger charge is 2.51. The molecule has 0 saturated carbocycles. The predicted molar refractivity (Wildman–Crippen MR) is 99.8 cm³/mol. The minimum Gasteiger partial charge on any atom is -0.496 e. The van der Waals surface area contributed by atoms with Gasteiger partial charge in [-0.15, -0.1) is 0 Å². The zero-order valence-electron chi connectivity index (χ0n) is 15.3. The second-order valence-corrected chi connectivity index (χ2v) is 7.84. The van der Waals surface area contributed by atoms with Crippen molar-refractivity contribution in [3.63, 3.8) is 0 Å². The molecular weight excluding hydrogens is 309 g/mol. The largest absolute Gasteiger partial charge is 0.496 e. The molecule has 0 aliphatic carbocycles. The highest BCUT2D eigenvalue weighted by Crippen LogP contribution is 2.37. The minimum absolute atomic E-state index is 0.347. The zero-order valence-corrected chi connectivity index (χ0v) is 16.1. The number of ether oxygens (including phenoxy) is 1. The Kier molecular flexibility index (Phi) is 5.59. The maximum Gasteiger partial charge on any atom is 0.495 e. The second-order valence-electron chi connectivity index (χ2n) is 6.93.